The minimum absolute atomic E-state index is 0.165. The normalized spacial score (nSPS) is 10.9. The molecule has 0 spiro atoms. The van der Waals surface area contributed by atoms with Gasteiger partial charge in [-0.3, -0.25) is 4.79 Å². The van der Waals surface area contributed by atoms with Crippen molar-refractivity contribution in [2.75, 3.05) is 7.11 Å². The fourth-order valence-corrected chi connectivity index (χ4v) is 2.98. The predicted octanol–water partition coefficient (Wildman–Crippen LogP) is 3.29. The van der Waals surface area contributed by atoms with E-state index in [0.29, 0.717) is 28.9 Å². The Morgan fingerprint density at radius 3 is 2.59 bits per heavy atom. The second-order valence-corrected chi connectivity index (χ2v) is 6.26. The van der Waals surface area contributed by atoms with Gasteiger partial charge in [0.2, 0.25) is 0 Å². The maximum Gasteiger partial charge on any atom is 0.258 e. The second kappa shape index (κ2) is 6.99. The lowest BCUT2D eigenvalue weighted by molar-refractivity contribution is 0.415. The molecule has 0 saturated carbocycles. The molecule has 2 heterocycles. The van der Waals surface area contributed by atoms with Gasteiger partial charge < -0.3 is 9.72 Å². The summed E-state index contributed by atoms with van der Waals surface area (Å²) in [6, 6.07) is 15.3. The van der Waals surface area contributed by atoms with E-state index in [2.05, 4.69) is 19.9 Å². The van der Waals surface area contributed by atoms with Crippen molar-refractivity contribution >= 4 is 10.9 Å². The lowest BCUT2D eigenvalue weighted by atomic mass is 10.1. The number of aromatic amines is 1. The van der Waals surface area contributed by atoms with Crippen LogP contribution in [0.15, 0.2) is 59.5 Å². The van der Waals surface area contributed by atoms with Crippen LogP contribution in [0.1, 0.15) is 17.2 Å². The highest BCUT2D eigenvalue weighted by Crippen LogP contribution is 2.19. The van der Waals surface area contributed by atoms with Gasteiger partial charge in [-0.1, -0.05) is 24.3 Å². The number of H-pyrrole nitrogens is 1. The third-order valence-corrected chi connectivity index (χ3v) is 4.36. The number of aryl methyl sites for hydroxylation is 1. The number of methoxy groups -OCH3 is 1. The molecule has 6 heteroatoms. The van der Waals surface area contributed by atoms with E-state index in [4.69, 9.17) is 4.74 Å². The number of hydrogen-bond donors (Lipinski definition) is 1. The monoisotopic (exact) mass is 358 g/mol. The molecular formula is C21H18N4O2. The number of hydrogen-bond acceptors (Lipinski definition) is 5. The van der Waals surface area contributed by atoms with Crippen molar-refractivity contribution in [1.29, 1.82) is 0 Å². The van der Waals surface area contributed by atoms with Crippen molar-refractivity contribution in [3.05, 3.63) is 82.3 Å². The number of ether oxygens (including phenoxy) is 1. The highest BCUT2D eigenvalue weighted by molar-refractivity contribution is 5.79. The van der Waals surface area contributed by atoms with Gasteiger partial charge in [-0.25, -0.2) is 15.0 Å². The smallest absolute Gasteiger partial charge is 0.258 e. The maximum absolute atomic E-state index is 12.4. The summed E-state index contributed by atoms with van der Waals surface area (Å²) in [5.74, 6) is 2.01. The van der Waals surface area contributed by atoms with E-state index in [-0.39, 0.29) is 5.56 Å². The van der Waals surface area contributed by atoms with Crippen molar-refractivity contribution in [3.63, 3.8) is 0 Å². The van der Waals surface area contributed by atoms with Gasteiger partial charge in [0.1, 0.15) is 17.4 Å². The molecular weight excluding hydrogens is 340 g/mol. The fraction of sp³-hybridized carbons (Fsp3) is 0.143. The zero-order chi connectivity index (χ0) is 18.8. The molecule has 0 bridgehead atoms. The van der Waals surface area contributed by atoms with E-state index in [1.807, 2.05) is 37.3 Å². The van der Waals surface area contributed by atoms with Crippen LogP contribution in [0.4, 0.5) is 0 Å². The van der Waals surface area contributed by atoms with Gasteiger partial charge >= 0.3 is 0 Å². The molecule has 0 saturated heterocycles. The number of nitrogens with one attached hydrogen (secondary N) is 1. The Hall–Kier alpha value is -3.54. The topological polar surface area (TPSA) is 80.8 Å². The van der Waals surface area contributed by atoms with E-state index in [0.717, 1.165) is 22.6 Å². The first-order valence-corrected chi connectivity index (χ1v) is 8.58. The first-order chi connectivity index (χ1) is 13.1. The summed E-state index contributed by atoms with van der Waals surface area (Å²) < 4.78 is 5.17. The Balaban J connectivity index is 1.61. The highest BCUT2D eigenvalue weighted by Gasteiger charge is 2.07. The molecule has 0 unspecified atom stereocenters. The average molecular weight is 358 g/mol. The first kappa shape index (κ1) is 16.9. The molecule has 0 radical (unpaired) electrons. The lowest BCUT2D eigenvalue weighted by Crippen LogP contribution is -2.12. The number of rotatable bonds is 4. The van der Waals surface area contributed by atoms with Gasteiger partial charge in [0.05, 0.1) is 23.7 Å². The van der Waals surface area contributed by atoms with Gasteiger partial charge in [-0.05, 0) is 36.8 Å². The lowest BCUT2D eigenvalue weighted by Gasteiger charge is -2.06. The van der Waals surface area contributed by atoms with Gasteiger partial charge in [0.15, 0.2) is 0 Å². The number of benzene rings is 2. The number of fused-ring (bicyclic) bond motifs is 1. The second-order valence-electron chi connectivity index (χ2n) is 6.26. The van der Waals surface area contributed by atoms with E-state index in [1.165, 1.54) is 0 Å². The summed E-state index contributed by atoms with van der Waals surface area (Å²) in [6.07, 6.45) is 2.30. The van der Waals surface area contributed by atoms with Gasteiger partial charge in [0.25, 0.3) is 5.56 Å². The minimum atomic E-state index is -0.165. The van der Waals surface area contributed by atoms with Crippen molar-refractivity contribution in [3.8, 4) is 17.0 Å². The van der Waals surface area contributed by atoms with Crippen LogP contribution in [0.5, 0.6) is 5.75 Å². The van der Waals surface area contributed by atoms with Crippen LogP contribution in [-0.2, 0) is 6.42 Å². The zero-order valence-corrected chi connectivity index (χ0v) is 15.1. The summed E-state index contributed by atoms with van der Waals surface area (Å²) in [7, 11) is 1.57. The van der Waals surface area contributed by atoms with Crippen LogP contribution in [0.2, 0.25) is 0 Å². The summed E-state index contributed by atoms with van der Waals surface area (Å²) >= 11 is 0. The maximum atomic E-state index is 12.4. The molecule has 6 nitrogen and oxygen atoms in total. The number of aromatic nitrogens is 4. The quantitative estimate of drug-likeness (QED) is 0.605. The van der Waals surface area contributed by atoms with Gasteiger partial charge in [-0.15, -0.1) is 0 Å². The molecule has 1 N–H and O–H groups in total. The minimum Gasteiger partial charge on any atom is -0.497 e. The summed E-state index contributed by atoms with van der Waals surface area (Å²) in [5.41, 5.74) is 3.46. The number of nitrogens with zero attached hydrogens (tertiary/aromatic N) is 3. The summed E-state index contributed by atoms with van der Waals surface area (Å²) in [6.45, 7) is 1.87. The van der Waals surface area contributed by atoms with Gasteiger partial charge in [0, 0.05) is 18.2 Å². The Bertz CT molecular complexity index is 1170. The molecule has 0 aliphatic carbocycles. The van der Waals surface area contributed by atoms with Crippen molar-refractivity contribution in [1.82, 2.24) is 19.9 Å². The molecule has 134 valence electrons. The first-order valence-electron chi connectivity index (χ1n) is 8.58. The Labute approximate surface area is 155 Å². The van der Waals surface area contributed by atoms with Gasteiger partial charge in [-0.2, -0.15) is 0 Å². The zero-order valence-electron chi connectivity index (χ0n) is 15.1. The largest absolute Gasteiger partial charge is 0.497 e. The average Bonchev–Trinajstić information content (AvgIpc) is 2.68. The molecule has 2 aromatic carbocycles. The van der Waals surface area contributed by atoms with Crippen LogP contribution in [0, 0.1) is 6.92 Å². The van der Waals surface area contributed by atoms with Crippen LogP contribution >= 0.6 is 0 Å². The molecule has 0 amide bonds. The van der Waals surface area contributed by atoms with E-state index in [1.54, 1.807) is 31.5 Å². The Kier molecular flexibility index (Phi) is 4.38. The third kappa shape index (κ3) is 3.55. The van der Waals surface area contributed by atoms with Crippen LogP contribution in [0.25, 0.3) is 22.2 Å². The molecule has 4 aromatic rings. The van der Waals surface area contributed by atoms with Crippen molar-refractivity contribution in [2.24, 2.45) is 0 Å². The molecule has 27 heavy (non-hydrogen) atoms. The molecule has 0 fully saturated rings. The van der Waals surface area contributed by atoms with E-state index >= 15 is 0 Å². The third-order valence-electron chi connectivity index (χ3n) is 4.36. The standard InChI is InChI=1S/C21H18N4O2/c1-13-22-10-9-18(23-13)15-5-3-14(4-6-15)11-20-24-19-8-7-16(27-2)12-17(19)21(26)25-20/h3-10,12H,11H2,1-2H3,(H,24,25,26). The van der Waals surface area contributed by atoms with Crippen LogP contribution < -0.4 is 10.3 Å². The summed E-state index contributed by atoms with van der Waals surface area (Å²) in [5, 5.41) is 0.521. The van der Waals surface area contributed by atoms with E-state index in [9.17, 15) is 4.79 Å². The molecule has 0 aliphatic rings. The highest BCUT2D eigenvalue weighted by atomic mass is 16.5. The molecule has 0 aliphatic heterocycles. The Morgan fingerprint density at radius 1 is 1.04 bits per heavy atom. The molecule has 0 atom stereocenters. The van der Waals surface area contributed by atoms with Crippen molar-refractivity contribution in [2.45, 2.75) is 13.3 Å². The van der Waals surface area contributed by atoms with E-state index < -0.39 is 0 Å². The molecule has 4 rings (SSSR count). The predicted molar refractivity (Wildman–Crippen MR) is 104 cm³/mol. The summed E-state index contributed by atoms with van der Waals surface area (Å²) in [4.78, 5) is 28.3. The van der Waals surface area contributed by atoms with Crippen molar-refractivity contribution < 1.29 is 4.74 Å². The van der Waals surface area contributed by atoms with Crippen LogP contribution in [-0.4, -0.2) is 27.0 Å². The Morgan fingerprint density at radius 2 is 1.85 bits per heavy atom. The SMILES string of the molecule is COc1ccc2nc(Cc3ccc(-c4ccnc(C)n4)cc3)[nH]c(=O)c2c1. The van der Waals surface area contributed by atoms with Crippen LogP contribution in [0.3, 0.4) is 0 Å². The molecule has 2 aromatic heterocycles. The fourth-order valence-electron chi connectivity index (χ4n) is 2.98.